The summed E-state index contributed by atoms with van der Waals surface area (Å²) in [5.41, 5.74) is 1.34. The van der Waals surface area contributed by atoms with Crippen LogP contribution in [0.4, 0.5) is 4.39 Å². The molecule has 0 aliphatic heterocycles. The van der Waals surface area contributed by atoms with Crippen LogP contribution in [-0.2, 0) is 15.6 Å². The van der Waals surface area contributed by atoms with Crippen LogP contribution in [0, 0.1) is 5.82 Å². The van der Waals surface area contributed by atoms with E-state index in [0.29, 0.717) is 11.4 Å². The Bertz CT molecular complexity index is 1300. The van der Waals surface area contributed by atoms with E-state index in [-0.39, 0.29) is 21.2 Å². The summed E-state index contributed by atoms with van der Waals surface area (Å²) < 4.78 is 50.9. The van der Waals surface area contributed by atoms with Gasteiger partial charge in [0.05, 0.1) is 30.3 Å². The number of halogens is 2. The maximum absolute atomic E-state index is 14.6. The summed E-state index contributed by atoms with van der Waals surface area (Å²) in [4.78, 5) is 0.0190. The fraction of sp³-hybridized carbons (Fsp3) is 0.100. The summed E-state index contributed by atoms with van der Waals surface area (Å²) >= 11 is 6.38. The lowest BCUT2D eigenvalue weighted by atomic mass is 10.1. The number of aromatic nitrogens is 3. The molecular weight excluding hydrogens is 433 g/mol. The molecule has 0 bridgehead atoms. The fourth-order valence-electron chi connectivity index (χ4n) is 2.91. The van der Waals surface area contributed by atoms with Gasteiger partial charge in [0.1, 0.15) is 34.1 Å². The van der Waals surface area contributed by atoms with Crippen LogP contribution >= 0.6 is 11.6 Å². The van der Waals surface area contributed by atoms with Gasteiger partial charge in [-0.25, -0.2) is 17.5 Å². The predicted molar refractivity (Wildman–Crippen MR) is 108 cm³/mol. The number of methoxy groups -OCH3 is 1. The maximum Gasteiger partial charge on any atom is 0.185 e. The molecule has 0 atom stereocenters. The smallest absolute Gasteiger partial charge is 0.185 e. The van der Waals surface area contributed by atoms with Gasteiger partial charge < -0.3 is 9.15 Å². The van der Waals surface area contributed by atoms with E-state index < -0.39 is 21.4 Å². The van der Waals surface area contributed by atoms with E-state index >= 15 is 0 Å². The highest BCUT2D eigenvalue weighted by Gasteiger charge is 2.22. The average Bonchev–Trinajstić information content (AvgIpc) is 3.43. The lowest BCUT2D eigenvalue weighted by Crippen LogP contribution is -2.07. The zero-order valence-electron chi connectivity index (χ0n) is 15.6. The zero-order chi connectivity index (χ0) is 21.3. The minimum atomic E-state index is -3.71. The molecule has 0 N–H and O–H groups in total. The van der Waals surface area contributed by atoms with Gasteiger partial charge in [0.15, 0.2) is 9.84 Å². The Morgan fingerprint density at radius 3 is 2.80 bits per heavy atom. The lowest BCUT2D eigenvalue weighted by Gasteiger charge is -2.10. The van der Waals surface area contributed by atoms with E-state index in [1.165, 1.54) is 29.3 Å². The van der Waals surface area contributed by atoms with Gasteiger partial charge in [0.25, 0.3) is 0 Å². The van der Waals surface area contributed by atoms with Crippen molar-refractivity contribution in [1.29, 1.82) is 0 Å². The molecule has 0 saturated carbocycles. The first-order valence-electron chi connectivity index (χ1n) is 8.68. The first-order valence-corrected chi connectivity index (χ1v) is 10.7. The highest BCUT2D eigenvalue weighted by Crippen LogP contribution is 2.31. The van der Waals surface area contributed by atoms with Gasteiger partial charge in [-0.15, -0.1) is 5.10 Å². The van der Waals surface area contributed by atoms with Crippen LogP contribution in [0.25, 0.3) is 16.9 Å². The van der Waals surface area contributed by atoms with E-state index in [1.807, 2.05) is 6.07 Å². The van der Waals surface area contributed by atoms with Crippen LogP contribution in [0.15, 0.2) is 70.5 Å². The standard InChI is InChI=1S/C20H15ClFN3O4S/c1-28-15-4-2-3-13(9-15)18-10-25(24-23-18)20-17(22)6-5-14(19(20)21)12-30(26,27)16-7-8-29-11-16/h2-11H,12H2,1H3. The molecule has 4 aromatic rings. The van der Waals surface area contributed by atoms with E-state index in [4.69, 9.17) is 20.8 Å². The Kier molecular flexibility index (Phi) is 5.31. The molecule has 0 unspecified atom stereocenters. The van der Waals surface area contributed by atoms with E-state index in [2.05, 4.69) is 10.3 Å². The minimum Gasteiger partial charge on any atom is -0.497 e. The van der Waals surface area contributed by atoms with Crippen molar-refractivity contribution in [3.8, 4) is 22.7 Å². The second-order valence-corrected chi connectivity index (χ2v) is 8.74. The normalized spacial score (nSPS) is 11.6. The number of ether oxygens (including phenoxy) is 1. The van der Waals surface area contributed by atoms with Gasteiger partial charge in [-0.2, -0.15) is 0 Å². The van der Waals surface area contributed by atoms with E-state index in [9.17, 15) is 12.8 Å². The first kappa shape index (κ1) is 20.1. The van der Waals surface area contributed by atoms with Crippen LogP contribution in [0.1, 0.15) is 5.56 Å². The Balaban J connectivity index is 1.72. The molecule has 2 aromatic carbocycles. The van der Waals surface area contributed by atoms with Crippen molar-refractivity contribution < 1.29 is 22.0 Å². The predicted octanol–water partition coefficient (Wildman–Crippen LogP) is 4.30. The van der Waals surface area contributed by atoms with Crippen LogP contribution < -0.4 is 4.74 Å². The van der Waals surface area contributed by atoms with Gasteiger partial charge >= 0.3 is 0 Å². The third-order valence-corrected chi connectivity index (χ3v) is 6.50. The number of hydrogen-bond donors (Lipinski definition) is 0. The molecule has 2 aromatic heterocycles. The molecule has 2 heterocycles. The summed E-state index contributed by atoms with van der Waals surface area (Å²) in [7, 11) is -2.16. The average molecular weight is 448 g/mol. The fourth-order valence-corrected chi connectivity index (χ4v) is 4.58. The number of benzene rings is 2. The summed E-state index contributed by atoms with van der Waals surface area (Å²) in [6.07, 6.45) is 3.90. The Morgan fingerprint density at radius 1 is 1.23 bits per heavy atom. The number of furan rings is 1. The largest absolute Gasteiger partial charge is 0.497 e. The minimum absolute atomic E-state index is 0.0190. The third kappa shape index (κ3) is 3.81. The van der Waals surface area contributed by atoms with E-state index in [0.717, 1.165) is 17.9 Å². The molecule has 0 radical (unpaired) electrons. The van der Waals surface area contributed by atoms with E-state index in [1.54, 1.807) is 25.3 Å². The van der Waals surface area contributed by atoms with Crippen LogP contribution in [-0.4, -0.2) is 30.5 Å². The molecule has 0 amide bonds. The molecule has 0 saturated heterocycles. The lowest BCUT2D eigenvalue weighted by molar-refractivity contribution is 0.415. The van der Waals surface area contributed by atoms with Crippen molar-refractivity contribution in [3.63, 3.8) is 0 Å². The van der Waals surface area contributed by atoms with Gasteiger partial charge in [-0.3, -0.25) is 0 Å². The molecule has 0 spiro atoms. The van der Waals surface area contributed by atoms with Gasteiger partial charge in [-0.05, 0) is 29.8 Å². The number of rotatable bonds is 6. The van der Waals surface area contributed by atoms with Crippen LogP contribution in [0.5, 0.6) is 5.75 Å². The van der Waals surface area contributed by atoms with Gasteiger partial charge in [-0.1, -0.05) is 35.0 Å². The molecule has 7 nitrogen and oxygen atoms in total. The van der Waals surface area contributed by atoms with Crippen molar-refractivity contribution in [1.82, 2.24) is 15.0 Å². The molecule has 10 heteroatoms. The highest BCUT2D eigenvalue weighted by molar-refractivity contribution is 7.90. The van der Waals surface area contributed by atoms with Crippen molar-refractivity contribution in [2.75, 3.05) is 7.11 Å². The van der Waals surface area contributed by atoms with Crippen molar-refractivity contribution >= 4 is 21.4 Å². The zero-order valence-corrected chi connectivity index (χ0v) is 17.2. The first-order chi connectivity index (χ1) is 14.4. The molecular formula is C20H15ClFN3O4S. The molecule has 0 fully saturated rings. The molecule has 0 aliphatic rings. The Labute approximate surface area is 176 Å². The van der Waals surface area contributed by atoms with Crippen molar-refractivity contribution in [3.05, 3.63) is 77.6 Å². The molecule has 30 heavy (non-hydrogen) atoms. The topological polar surface area (TPSA) is 87.2 Å². The van der Waals surface area contributed by atoms with Crippen molar-refractivity contribution in [2.45, 2.75) is 10.6 Å². The van der Waals surface area contributed by atoms with Crippen LogP contribution in [0.3, 0.4) is 0 Å². The molecule has 0 aliphatic carbocycles. The van der Waals surface area contributed by atoms with Crippen molar-refractivity contribution in [2.24, 2.45) is 0 Å². The van der Waals surface area contributed by atoms with Crippen LogP contribution in [0.2, 0.25) is 5.02 Å². The summed E-state index contributed by atoms with van der Waals surface area (Å²) in [6.45, 7) is 0. The maximum atomic E-state index is 14.6. The Morgan fingerprint density at radius 2 is 2.07 bits per heavy atom. The second kappa shape index (κ2) is 7.92. The number of nitrogens with zero attached hydrogens (tertiary/aromatic N) is 3. The quantitative estimate of drug-likeness (QED) is 0.438. The molecule has 4 rings (SSSR count). The Hall–Kier alpha value is -3.17. The van der Waals surface area contributed by atoms with Gasteiger partial charge in [0.2, 0.25) is 0 Å². The van der Waals surface area contributed by atoms with Gasteiger partial charge in [0, 0.05) is 5.56 Å². The number of sulfone groups is 1. The summed E-state index contributed by atoms with van der Waals surface area (Å²) in [6, 6.07) is 11.0. The number of hydrogen-bond acceptors (Lipinski definition) is 6. The highest BCUT2D eigenvalue weighted by atomic mass is 35.5. The summed E-state index contributed by atoms with van der Waals surface area (Å²) in [5, 5.41) is 7.97. The monoisotopic (exact) mass is 447 g/mol. The summed E-state index contributed by atoms with van der Waals surface area (Å²) in [5.74, 6) is -0.444. The second-order valence-electron chi connectivity index (χ2n) is 6.37. The third-order valence-electron chi connectivity index (χ3n) is 4.43. The molecule has 154 valence electrons. The SMILES string of the molecule is COc1cccc(-c2cn(-c3c(F)ccc(CS(=O)(=O)c4ccoc4)c3Cl)nn2)c1.